The molecule has 0 radical (unpaired) electrons. The van der Waals surface area contributed by atoms with Crippen LogP contribution in [0.3, 0.4) is 0 Å². The van der Waals surface area contributed by atoms with Gasteiger partial charge in [0.05, 0.1) is 13.0 Å². The van der Waals surface area contributed by atoms with E-state index in [0.29, 0.717) is 17.5 Å². The average molecular weight is 380 g/mol. The van der Waals surface area contributed by atoms with Gasteiger partial charge in [0.15, 0.2) is 5.11 Å². The van der Waals surface area contributed by atoms with Gasteiger partial charge in [-0.25, -0.2) is 0 Å². The number of benzene rings is 1. The fraction of sp³-hybridized carbons (Fsp3) is 0.579. The van der Waals surface area contributed by atoms with E-state index in [4.69, 9.17) is 17.0 Å². The number of hydrogen-bond acceptors (Lipinski definition) is 3. The first kappa shape index (κ1) is 20.6. The van der Waals surface area contributed by atoms with Crippen molar-refractivity contribution in [2.45, 2.75) is 52.2 Å². The number of quaternary nitrogens is 1. The molecular formula is C19H31N4O2S+. The molecule has 7 heteroatoms. The molecule has 6 nitrogen and oxygen atoms in total. The second-order valence-electron chi connectivity index (χ2n) is 7.32. The summed E-state index contributed by atoms with van der Waals surface area (Å²) in [5.41, 5.74) is 7.58. The van der Waals surface area contributed by atoms with E-state index in [1.54, 1.807) is 0 Å². The van der Waals surface area contributed by atoms with E-state index in [0.717, 1.165) is 25.3 Å². The first-order valence-electron chi connectivity index (χ1n) is 9.28. The number of thiocarbonyl (C=S) groups is 1. The zero-order valence-electron chi connectivity index (χ0n) is 16.1. The molecule has 1 aromatic carbocycles. The quantitative estimate of drug-likeness (QED) is 0.457. The molecule has 3 atom stereocenters. The summed E-state index contributed by atoms with van der Waals surface area (Å²) in [6.45, 7) is 11.1. The lowest BCUT2D eigenvalue weighted by Crippen LogP contribution is -3.15. The summed E-state index contributed by atoms with van der Waals surface area (Å²) in [5, 5.41) is 3.44. The van der Waals surface area contributed by atoms with Crippen LogP contribution in [0.25, 0.3) is 0 Å². The van der Waals surface area contributed by atoms with Crippen LogP contribution in [-0.4, -0.2) is 42.9 Å². The number of rotatable bonds is 5. The molecule has 0 saturated carbocycles. The van der Waals surface area contributed by atoms with Gasteiger partial charge in [-0.3, -0.25) is 15.6 Å². The third-order valence-corrected chi connectivity index (χ3v) is 4.68. The van der Waals surface area contributed by atoms with Crippen LogP contribution in [0.2, 0.25) is 0 Å². The Balaban J connectivity index is 1.67. The van der Waals surface area contributed by atoms with Gasteiger partial charge in [0, 0.05) is 5.69 Å². The van der Waals surface area contributed by atoms with E-state index in [2.05, 4.69) is 56.0 Å². The molecule has 1 saturated heterocycles. The third kappa shape index (κ3) is 6.90. The summed E-state index contributed by atoms with van der Waals surface area (Å²) < 4.78 is 5.72. The van der Waals surface area contributed by atoms with Crippen molar-refractivity contribution >= 4 is 28.9 Å². The molecule has 1 fully saturated rings. The molecule has 1 aromatic rings. The van der Waals surface area contributed by atoms with Gasteiger partial charge >= 0.3 is 0 Å². The Bertz CT molecular complexity index is 596. The lowest BCUT2D eigenvalue weighted by Gasteiger charge is -2.32. The first-order chi connectivity index (χ1) is 12.3. The van der Waals surface area contributed by atoms with Crippen molar-refractivity contribution in [2.24, 2.45) is 0 Å². The van der Waals surface area contributed by atoms with Crippen molar-refractivity contribution in [1.29, 1.82) is 0 Å². The van der Waals surface area contributed by atoms with E-state index >= 15 is 0 Å². The maximum absolute atomic E-state index is 12.0. The maximum atomic E-state index is 12.0. The van der Waals surface area contributed by atoms with Crippen molar-refractivity contribution in [2.75, 3.05) is 25.0 Å². The van der Waals surface area contributed by atoms with Crippen LogP contribution in [0.15, 0.2) is 24.3 Å². The molecule has 1 aliphatic heterocycles. The van der Waals surface area contributed by atoms with Crippen molar-refractivity contribution < 1.29 is 14.4 Å². The molecule has 1 unspecified atom stereocenters. The minimum Gasteiger partial charge on any atom is -0.364 e. The second kappa shape index (κ2) is 9.85. The molecule has 1 heterocycles. The molecule has 0 aromatic heterocycles. The Kier molecular flexibility index (Phi) is 7.81. The number of anilines is 1. The van der Waals surface area contributed by atoms with E-state index in [1.807, 2.05) is 12.1 Å². The predicted molar refractivity (Wildman–Crippen MR) is 108 cm³/mol. The molecule has 2 rings (SSSR count). The summed E-state index contributed by atoms with van der Waals surface area (Å²) >= 11 is 5.22. The molecule has 0 aliphatic carbocycles. The number of hydrazine groups is 1. The predicted octanol–water partition coefficient (Wildman–Crippen LogP) is 1.21. The van der Waals surface area contributed by atoms with Gasteiger partial charge in [0.1, 0.15) is 25.3 Å². The van der Waals surface area contributed by atoms with Gasteiger partial charge in [-0.1, -0.05) is 26.0 Å². The summed E-state index contributed by atoms with van der Waals surface area (Å²) in [4.78, 5) is 13.4. The molecule has 0 bridgehead atoms. The zero-order chi connectivity index (χ0) is 19.1. The van der Waals surface area contributed by atoms with Gasteiger partial charge < -0.3 is 15.0 Å². The summed E-state index contributed by atoms with van der Waals surface area (Å²) in [5.74, 6) is 0.427. The highest BCUT2D eigenvalue weighted by Gasteiger charge is 2.25. The van der Waals surface area contributed by atoms with Gasteiger partial charge in [-0.05, 0) is 49.7 Å². The van der Waals surface area contributed by atoms with E-state index in [1.165, 1.54) is 10.5 Å². The van der Waals surface area contributed by atoms with E-state index in [-0.39, 0.29) is 18.1 Å². The van der Waals surface area contributed by atoms with E-state index < -0.39 is 0 Å². The van der Waals surface area contributed by atoms with Crippen LogP contribution >= 0.6 is 12.2 Å². The minimum absolute atomic E-state index is 0.0661. The highest BCUT2D eigenvalue weighted by Crippen LogP contribution is 2.16. The fourth-order valence-electron chi connectivity index (χ4n) is 3.19. The van der Waals surface area contributed by atoms with Gasteiger partial charge in [-0.2, -0.15) is 0 Å². The minimum atomic E-state index is -0.0661. The number of nitrogens with one attached hydrogen (secondary N) is 4. The van der Waals surface area contributed by atoms with Gasteiger partial charge in [-0.15, -0.1) is 0 Å². The Labute approximate surface area is 161 Å². The highest BCUT2D eigenvalue weighted by atomic mass is 32.1. The SMILES string of the molecule is CC(C)c1ccc(NC(=S)NNC(=O)CC[NH+]2C[C@@H](C)O[C@@H](C)C2)cc1. The number of ether oxygens (including phenoxy) is 1. The van der Waals surface area contributed by atoms with E-state index in [9.17, 15) is 4.79 Å². The van der Waals surface area contributed by atoms with Crippen LogP contribution in [0.1, 0.15) is 45.6 Å². The molecule has 26 heavy (non-hydrogen) atoms. The number of hydrogen-bond donors (Lipinski definition) is 4. The molecular weight excluding hydrogens is 348 g/mol. The Morgan fingerprint density at radius 1 is 1.19 bits per heavy atom. The molecule has 0 spiro atoms. The van der Waals surface area contributed by atoms with Gasteiger partial charge in [0.2, 0.25) is 5.91 Å². The van der Waals surface area contributed by atoms with Crippen LogP contribution < -0.4 is 21.1 Å². The molecule has 4 N–H and O–H groups in total. The van der Waals surface area contributed by atoms with Crippen molar-refractivity contribution in [1.82, 2.24) is 10.9 Å². The number of morpholine rings is 1. The second-order valence-corrected chi connectivity index (χ2v) is 7.73. The summed E-state index contributed by atoms with van der Waals surface area (Å²) in [6, 6.07) is 8.10. The van der Waals surface area contributed by atoms with Crippen LogP contribution in [0.5, 0.6) is 0 Å². The zero-order valence-corrected chi connectivity index (χ0v) is 16.9. The van der Waals surface area contributed by atoms with Crippen molar-refractivity contribution in [3.63, 3.8) is 0 Å². The number of carbonyl (C=O) groups excluding carboxylic acids is 1. The first-order valence-corrected chi connectivity index (χ1v) is 9.69. The Hall–Kier alpha value is -1.70. The van der Waals surface area contributed by atoms with Crippen LogP contribution in [0.4, 0.5) is 5.69 Å². The van der Waals surface area contributed by atoms with Crippen LogP contribution in [-0.2, 0) is 9.53 Å². The Morgan fingerprint density at radius 2 is 1.81 bits per heavy atom. The monoisotopic (exact) mass is 379 g/mol. The van der Waals surface area contributed by atoms with Crippen LogP contribution in [0, 0.1) is 0 Å². The molecule has 1 aliphatic rings. The summed E-state index contributed by atoms with van der Waals surface area (Å²) in [6.07, 6.45) is 0.940. The van der Waals surface area contributed by atoms with Crippen molar-refractivity contribution in [3.05, 3.63) is 29.8 Å². The average Bonchev–Trinajstić information content (AvgIpc) is 2.58. The van der Waals surface area contributed by atoms with Gasteiger partial charge in [0.25, 0.3) is 0 Å². The smallest absolute Gasteiger partial charge is 0.244 e. The molecule has 1 amide bonds. The topological polar surface area (TPSA) is 66.8 Å². The number of carbonyl (C=O) groups is 1. The lowest BCUT2D eigenvalue weighted by atomic mass is 10.0. The summed E-state index contributed by atoms with van der Waals surface area (Å²) in [7, 11) is 0. The normalized spacial score (nSPS) is 22.7. The fourth-order valence-corrected chi connectivity index (χ4v) is 3.36. The standard InChI is InChI=1S/C19H30N4O2S/c1-13(2)16-5-7-17(8-6-16)20-19(26)22-21-18(24)9-10-23-11-14(3)25-15(4)12-23/h5-8,13-15H,9-12H2,1-4H3,(H,21,24)(H2,20,22,26)/p+1/t14-,15+. The molecule has 144 valence electrons. The maximum Gasteiger partial charge on any atom is 0.244 e. The number of amides is 1. The third-order valence-electron chi connectivity index (χ3n) is 4.47. The largest absolute Gasteiger partial charge is 0.364 e. The Morgan fingerprint density at radius 3 is 2.38 bits per heavy atom. The van der Waals surface area contributed by atoms with Crippen molar-refractivity contribution in [3.8, 4) is 0 Å². The highest BCUT2D eigenvalue weighted by molar-refractivity contribution is 7.80. The lowest BCUT2D eigenvalue weighted by molar-refractivity contribution is -0.914.